The van der Waals surface area contributed by atoms with E-state index >= 15 is 0 Å². The molecule has 0 aromatic carbocycles. The standard InChI is InChI=1S/C15H20NO2/c1-10-3-5-12(6-8-15(17)18)9-14-13(10)7-4-11(2)16-14/h4,6-7,10,12H,3,5,8-9H2,1-2H3,(H,17,18)/t10-,12-/m0/s1. The van der Waals surface area contributed by atoms with Crippen molar-refractivity contribution in [1.82, 2.24) is 4.98 Å². The minimum Gasteiger partial charge on any atom is -0.481 e. The van der Waals surface area contributed by atoms with Crippen LogP contribution in [0.5, 0.6) is 0 Å². The van der Waals surface area contributed by atoms with Gasteiger partial charge in [0.25, 0.3) is 0 Å². The lowest BCUT2D eigenvalue weighted by Gasteiger charge is -2.12. The van der Waals surface area contributed by atoms with Crippen LogP contribution in [0.2, 0.25) is 0 Å². The molecule has 1 aliphatic rings. The fourth-order valence-electron chi connectivity index (χ4n) is 2.67. The Kier molecular flexibility index (Phi) is 4.00. The Bertz CT molecular complexity index is 442. The minimum absolute atomic E-state index is 0.153. The molecule has 1 aliphatic carbocycles. The predicted molar refractivity (Wildman–Crippen MR) is 70.4 cm³/mol. The monoisotopic (exact) mass is 246 g/mol. The van der Waals surface area contributed by atoms with Crippen LogP contribution in [-0.2, 0) is 11.2 Å². The highest BCUT2D eigenvalue weighted by Gasteiger charge is 2.22. The Labute approximate surface area is 108 Å². The fourth-order valence-corrected chi connectivity index (χ4v) is 2.67. The lowest BCUT2D eigenvalue weighted by molar-refractivity contribution is -0.136. The molecule has 0 amide bonds. The molecular formula is C15H20NO2. The largest absolute Gasteiger partial charge is 0.481 e. The number of rotatable bonds is 3. The lowest BCUT2D eigenvalue weighted by Crippen LogP contribution is -2.09. The average Bonchev–Trinajstić information content (AvgIpc) is 2.46. The van der Waals surface area contributed by atoms with Gasteiger partial charge < -0.3 is 5.11 Å². The van der Waals surface area contributed by atoms with Crippen molar-refractivity contribution in [3.05, 3.63) is 35.5 Å². The summed E-state index contributed by atoms with van der Waals surface area (Å²) in [5.74, 6) is 0.125. The molecule has 18 heavy (non-hydrogen) atoms. The number of aliphatic carboxylic acids is 1. The molecule has 2 rings (SSSR count). The van der Waals surface area contributed by atoms with Gasteiger partial charge in [-0.2, -0.15) is 0 Å². The molecular weight excluding hydrogens is 226 g/mol. The molecule has 97 valence electrons. The first-order chi connectivity index (χ1) is 8.56. The van der Waals surface area contributed by atoms with E-state index in [4.69, 9.17) is 5.11 Å². The van der Waals surface area contributed by atoms with Gasteiger partial charge in [0.1, 0.15) is 0 Å². The predicted octanol–water partition coefficient (Wildman–Crippen LogP) is 3.13. The van der Waals surface area contributed by atoms with Crippen molar-refractivity contribution in [1.29, 1.82) is 0 Å². The van der Waals surface area contributed by atoms with Gasteiger partial charge in [-0.15, -0.1) is 0 Å². The number of carboxylic acid groups (broad SMARTS) is 1. The number of hydrogen-bond donors (Lipinski definition) is 1. The van der Waals surface area contributed by atoms with Crippen molar-refractivity contribution in [3.63, 3.8) is 0 Å². The maximum atomic E-state index is 10.6. The summed E-state index contributed by atoms with van der Waals surface area (Å²) in [4.78, 5) is 15.3. The number of carbonyl (C=O) groups is 1. The van der Waals surface area contributed by atoms with Crippen LogP contribution in [0.3, 0.4) is 0 Å². The SMILES string of the molecule is Cc1ccc2c(n1)C[C@H]([CH]CC(=O)O)CC[C@@H]2C. The van der Waals surface area contributed by atoms with Crippen LogP contribution >= 0.6 is 0 Å². The zero-order valence-corrected chi connectivity index (χ0v) is 11.0. The topological polar surface area (TPSA) is 50.2 Å². The minimum atomic E-state index is -0.746. The van der Waals surface area contributed by atoms with E-state index in [1.165, 1.54) is 5.56 Å². The molecule has 0 saturated heterocycles. The average molecular weight is 246 g/mol. The molecule has 1 radical (unpaired) electrons. The van der Waals surface area contributed by atoms with Crippen LogP contribution in [-0.4, -0.2) is 16.1 Å². The molecule has 0 fully saturated rings. The Morgan fingerprint density at radius 2 is 2.28 bits per heavy atom. The Hall–Kier alpha value is -1.38. The Balaban J connectivity index is 2.15. The van der Waals surface area contributed by atoms with E-state index in [1.54, 1.807) is 0 Å². The summed E-state index contributed by atoms with van der Waals surface area (Å²) >= 11 is 0. The van der Waals surface area contributed by atoms with E-state index < -0.39 is 5.97 Å². The maximum Gasteiger partial charge on any atom is 0.303 e. The Morgan fingerprint density at radius 3 is 3.00 bits per heavy atom. The van der Waals surface area contributed by atoms with E-state index in [-0.39, 0.29) is 6.42 Å². The van der Waals surface area contributed by atoms with Crippen LogP contribution < -0.4 is 0 Å². The van der Waals surface area contributed by atoms with Crippen LogP contribution in [0.4, 0.5) is 0 Å². The quantitative estimate of drug-likeness (QED) is 0.834. The number of aromatic nitrogens is 1. The number of nitrogens with zero attached hydrogens (tertiary/aromatic N) is 1. The Morgan fingerprint density at radius 1 is 1.50 bits per heavy atom. The first-order valence-corrected chi connectivity index (χ1v) is 6.58. The van der Waals surface area contributed by atoms with Crippen LogP contribution in [0.15, 0.2) is 12.1 Å². The van der Waals surface area contributed by atoms with Gasteiger partial charge >= 0.3 is 5.97 Å². The van der Waals surface area contributed by atoms with Crippen molar-refractivity contribution in [2.75, 3.05) is 0 Å². The molecule has 1 aromatic heterocycles. The molecule has 3 heteroatoms. The molecule has 0 unspecified atom stereocenters. The van der Waals surface area contributed by atoms with E-state index in [0.717, 1.165) is 30.7 Å². The van der Waals surface area contributed by atoms with Gasteiger partial charge in [0.15, 0.2) is 0 Å². The third kappa shape index (κ3) is 3.09. The third-order valence-electron chi connectivity index (χ3n) is 3.73. The van der Waals surface area contributed by atoms with Gasteiger partial charge in [-0.05, 0) is 56.1 Å². The number of pyridine rings is 1. The first-order valence-electron chi connectivity index (χ1n) is 6.58. The third-order valence-corrected chi connectivity index (χ3v) is 3.73. The van der Waals surface area contributed by atoms with Crippen molar-refractivity contribution >= 4 is 5.97 Å². The molecule has 1 N–H and O–H groups in total. The van der Waals surface area contributed by atoms with Gasteiger partial charge in [-0.25, -0.2) is 0 Å². The summed E-state index contributed by atoms with van der Waals surface area (Å²) in [6.07, 6.45) is 5.14. The smallest absolute Gasteiger partial charge is 0.303 e. The molecule has 0 bridgehead atoms. The highest BCUT2D eigenvalue weighted by Crippen LogP contribution is 2.33. The number of aryl methyl sites for hydroxylation is 1. The first kappa shape index (κ1) is 13.1. The van der Waals surface area contributed by atoms with Crippen LogP contribution in [0, 0.1) is 19.3 Å². The normalized spacial score (nSPS) is 23.2. The molecule has 2 atom stereocenters. The van der Waals surface area contributed by atoms with E-state index in [0.29, 0.717) is 11.8 Å². The fraction of sp³-hybridized carbons (Fsp3) is 0.533. The molecule has 0 spiro atoms. The number of fused-ring (bicyclic) bond motifs is 1. The summed E-state index contributed by atoms with van der Waals surface area (Å²) in [6, 6.07) is 4.25. The highest BCUT2D eigenvalue weighted by molar-refractivity contribution is 5.68. The highest BCUT2D eigenvalue weighted by atomic mass is 16.4. The van der Waals surface area contributed by atoms with Gasteiger partial charge in [-0.3, -0.25) is 9.78 Å². The van der Waals surface area contributed by atoms with Crippen molar-refractivity contribution in [2.24, 2.45) is 5.92 Å². The zero-order chi connectivity index (χ0) is 13.1. The van der Waals surface area contributed by atoms with Gasteiger partial charge in [0.2, 0.25) is 0 Å². The molecule has 0 aliphatic heterocycles. The molecule has 0 saturated carbocycles. The molecule has 3 nitrogen and oxygen atoms in total. The van der Waals surface area contributed by atoms with Crippen molar-refractivity contribution in [2.45, 2.75) is 45.4 Å². The van der Waals surface area contributed by atoms with E-state index in [9.17, 15) is 4.79 Å². The molecule has 1 heterocycles. The van der Waals surface area contributed by atoms with Gasteiger partial charge in [0.05, 0.1) is 0 Å². The van der Waals surface area contributed by atoms with Crippen LogP contribution in [0.25, 0.3) is 0 Å². The van der Waals surface area contributed by atoms with Gasteiger partial charge in [-0.1, -0.05) is 13.0 Å². The van der Waals surface area contributed by atoms with E-state index in [2.05, 4.69) is 24.0 Å². The lowest BCUT2D eigenvalue weighted by atomic mass is 9.94. The maximum absolute atomic E-state index is 10.6. The van der Waals surface area contributed by atoms with Gasteiger partial charge in [0, 0.05) is 17.8 Å². The van der Waals surface area contributed by atoms with Crippen LogP contribution in [0.1, 0.15) is 49.1 Å². The van der Waals surface area contributed by atoms with Crippen molar-refractivity contribution < 1.29 is 9.90 Å². The summed E-state index contributed by atoms with van der Waals surface area (Å²) in [7, 11) is 0. The molecule has 1 aromatic rings. The summed E-state index contributed by atoms with van der Waals surface area (Å²) in [5.41, 5.74) is 3.54. The second-order valence-electron chi connectivity index (χ2n) is 5.26. The zero-order valence-electron chi connectivity index (χ0n) is 11.0. The summed E-state index contributed by atoms with van der Waals surface area (Å²) in [5, 5.41) is 8.76. The second-order valence-corrected chi connectivity index (χ2v) is 5.26. The van der Waals surface area contributed by atoms with Crippen molar-refractivity contribution in [3.8, 4) is 0 Å². The summed E-state index contributed by atoms with van der Waals surface area (Å²) in [6.45, 7) is 4.24. The van der Waals surface area contributed by atoms with E-state index in [1.807, 2.05) is 13.3 Å². The number of carboxylic acids is 1. The second kappa shape index (κ2) is 5.51. The summed E-state index contributed by atoms with van der Waals surface area (Å²) < 4.78 is 0. The number of hydrogen-bond acceptors (Lipinski definition) is 2.